The molecule has 0 bridgehead atoms. The summed E-state index contributed by atoms with van der Waals surface area (Å²) in [6, 6.07) is 5.77. The molecule has 0 unspecified atom stereocenters. The van der Waals surface area contributed by atoms with Crippen LogP contribution in [0.3, 0.4) is 0 Å². The first-order valence-electron chi connectivity index (χ1n) is 8.47. The first-order chi connectivity index (χ1) is 14.1. The molecule has 0 aliphatic carbocycles. The zero-order chi connectivity index (χ0) is 20.5. The fourth-order valence-corrected chi connectivity index (χ4v) is 4.02. The second-order valence-electron chi connectivity index (χ2n) is 5.97. The van der Waals surface area contributed by atoms with Crippen LogP contribution in [0.2, 0.25) is 0 Å². The predicted molar refractivity (Wildman–Crippen MR) is 107 cm³/mol. The van der Waals surface area contributed by atoms with Crippen LogP contribution in [0.1, 0.15) is 10.4 Å². The van der Waals surface area contributed by atoms with Crippen LogP contribution >= 0.6 is 11.3 Å². The highest BCUT2D eigenvalue weighted by atomic mass is 32.1. The van der Waals surface area contributed by atoms with Crippen LogP contribution in [0.5, 0.6) is 17.2 Å². The van der Waals surface area contributed by atoms with E-state index in [9.17, 15) is 5.26 Å². The molecular weight excluding hydrogens is 392 g/mol. The Kier molecular flexibility index (Phi) is 4.74. The van der Waals surface area contributed by atoms with Gasteiger partial charge in [-0.2, -0.15) is 10.4 Å². The number of thiophene rings is 1. The van der Waals surface area contributed by atoms with Crippen LogP contribution in [-0.2, 0) is 0 Å². The van der Waals surface area contributed by atoms with E-state index in [2.05, 4.69) is 16.2 Å². The number of nitrogens with zero attached hydrogens (tertiary/aromatic N) is 6. The third kappa shape index (κ3) is 3.01. The predicted octanol–water partition coefficient (Wildman–Crippen LogP) is 3.14. The summed E-state index contributed by atoms with van der Waals surface area (Å²) in [5, 5.41) is 14.4. The molecule has 3 aromatic heterocycles. The monoisotopic (exact) mass is 408 g/mol. The lowest BCUT2D eigenvalue weighted by Crippen LogP contribution is -2.03. The van der Waals surface area contributed by atoms with Gasteiger partial charge in [0.1, 0.15) is 28.4 Å². The zero-order valence-corrected chi connectivity index (χ0v) is 16.9. The van der Waals surface area contributed by atoms with Crippen molar-refractivity contribution >= 4 is 21.6 Å². The van der Waals surface area contributed by atoms with Gasteiger partial charge in [0.15, 0.2) is 23.1 Å². The standard InChI is InChI=1S/C19H16N6O3S/c1-10-14(7-20)29-19-15(10)18(25-9-21-8-22-25)23-17(24-19)11-5-12(26-2)16(28-4)13(6-11)27-3/h5-6,8-9H,1-4H3. The number of hydrogen-bond acceptors (Lipinski definition) is 9. The van der Waals surface area contributed by atoms with Crippen molar-refractivity contribution in [1.82, 2.24) is 24.7 Å². The number of aryl methyl sites for hydroxylation is 1. The molecule has 1 aromatic carbocycles. The van der Waals surface area contributed by atoms with Crippen molar-refractivity contribution in [3.05, 3.63) is 35.2 Å². The minimum absolute atomic E-state index is 0.438. The van der Waals surface area contributed by atoms with Gasteiger partial charge in [-0.05, 0) is 24.6 Å². The summed E-state index contributed by atoms with van der Waals surface area (Å²) in [5.41, 5.74) is 1.49. The van der Waals surface area contributed by atoms with Crippen LogP contribution in [0.25, 0.3) is 27.4 Å². The minimum atomic E-state index is 0.438. The van der Waals surface area contributed by atoms with Crippen molar-refractivity contribution in [2.75, 3.05) is 21.3 Å². The number of ether oxygens (including phenoxy) is 3. The third-order valence-corrected chi connectivity index (χ3v) is 5.52. The first kappa shape index (κ1) is 18.6. The molecule has 146 valence electrons. The Hall–Kier alpha value is -3.71. The molecule has 10 heteroatoms. The van der Waals surface area contributed by atoms with E-state index in [-0.39, 0.29) is 0 Å². The van der Waals surface area contributed by atoms with E-state index in [1.54, 1.807) is 44.5 Å². The Morgan fingerprint density at radius 1 is 1.07 bits per heavy atom. The SMILES string of the molecule is COc1cc(-c2nc(-n3cncn3)c3c(C)c(C#N)sc3n2)cc(OC)c1OC. The van der Waals surface area contributed by atoms with E-state index in [0.29, 0.717) is 44.2 Å². The van der Waals surface area contributed by atoms with E-state index < -0.39 is 0 Å². The lowest BCUT2D eigenvalue weighted by atomic mass is 10.1. The summed E-state index contributed by atoms with van der Waals surface area (Å²) in [5.74, 6) is 2.45. The topological polar surface area (TPSA) is 108 Å². The molecule has 0 spiro atoms. The van der Waals surface area contributed by atoms with E-state index >= 15 is 0 Å². The van der Waals surface area contributed by atoms with E-state index in [0.717, 1.165) is 10.9 Å². The van der Waals surface area contributed by atoms with Gasteiger partial charge in [0, 0.05) is 5.56 Å². The van der Waals surface area contributed by atoms with Crippen LogP contribution in [-0.4, -0.2) is 46.1 Å². The number of methoxy groups -OCH3 is 3. The third-order valence-electron chi connectivity index (χ3n) is 4.43. The van der Waals surface area contributed by atoms with Crippen molar-refractivity contribution in [2.45, 2.75) is 6.92 Å². The van der Waals surface area contributed by atoms with Crippen molar-refractivity contribution < 1.29 is 14.2 Å². The van der Waals surface area contributed by atoms with Crippen molar-refractivity contribution in [3.63, 3.8) is 0 Å². The van der Waals surface area contributed by atoms with Gasteiger partial charge in [0.25, 0.3) is 0 Å². The Labute approximate surface area is 170 Å². The van der Waals surface area contributed by atoms with Gasteiger partial charge in [-0.25, -0.2) is 19.6 Å². The molecule has 4 rings (SSSR count). The maximum absolute atomic E-state index is 9.45. The summed E-state index contributed by atoms with van der Waals surface area (Å²) in [4.78, 5) is 14.7. The molecule has 0 N–H and O–H groups in total. The molecule has 0 amide bonds. The highest BCUT2D eigenvalue weighted by Crippen LogP contribution is 2.41. The normalized spacial score (nSPS) is 10.7. The number of fused-ring (bicyclic) bond motifs is 1. The summed E-state index contributed by atoms with van der Waals surface area (Å²) in [7, 11) is 4.64. The van der Waals surface area contributed by atoms with Gasteiger partial charge in [-0.3, -0.25) is 0 Å². The quantitative estimate of drug-likeness (QED) is 0.495. The molecule has 9 nitrogen and oxygen atoms in total. The smallest absolute Gasteiger partial charge is 0.203 e. The summed E-state index contributed by atoms with van der Waals surface area (Å²) in [6.07, 6.45) is 2.99. The lowest BCUT2D eigenvalue weighted by molar-refractivity contribution is 0.324. The molecular formula is C19H16N6O3S. The van der Waals surface area contributed by atoms with Crippen molar-refractivity contribution in [2.24, 2.45) is 0 Å². The molecule has 0 fully saturated rings. The molecule has 29 heavy (non-hydrogen) atoms. The summed E-state index contributed by atoms with van der Waals surface area (Å²) < 4.78 is 17.8. The number of benzene rings is 1. The number of hydrogen-bond donors (Lipinski definition) is 0. The van der Waals surface area contributed by atoms with Gasteiger partial charge in [-0.15, -0.1) is 11.3 Å². The first-order valence-corrected chi connectivity index (χ1v) is 9.29. The average molecular weight is 408 g/mol. The van der Waals surface area contributed by atoms with E-state index in [4.69, 9.17) is 24.2 Å². The second-order valence-corrected chi connectivity index (χ2v) is 6.97. The van der Waals surface area contributed by atoms with Crippen molar-refractivity contribution in [3.8, 4) is 40.5 Å². The molecule has 0 atom stereocenters. The van der Waals surface area contributed by atoms with Gasteiger partial charge in [0.2, 0.25) is 5.75 Å². The Balaban J connectivity index is 2.02. The molecule has 4 aromatic rings. The zero-order valence-electron chi connectivity index (χ0n) is 16.1. The van der Waals surface area contributed by atoms with E-state index in [1.807, 2.05) is 6.92 Å². The van der Waals surface area contributed by atoms with E-state index in [1.165, 1.54) is 17.7 Å². The largest absolute Gasteiger partial charge is 0.493 e. The van der Waals surface area contributed by atoms with Crippen LogP contribution in [0, 0.1) is 18.3 Å². The number of nitriles is 1. The lowest BCUT2D eigenvalue weighted by Gasteiger charge is -2.14. The van der Waals surface area contributed by atoms with Crippen LogP contribution in [0.15, 0.2) is 24.8 Å². The highest BCUT2D eigenvalue weighted by molar-refractivity contribution is 7.19. The van der Waals surface area contributed by atoms with Crippen LogP contribution < -0.4 is 14.2 Å². The molecule has 0 aliphatic heterocycles. The fourth-order valence-electron chi connectivity index (χ4n) is 3.05. The molecule has 0 aliphatic rings. The fraction of sp³-hybridized carbons (Fsp3) is 0.211. The van der Waals surface area contributed by atoms with Gasteiger partial charge in [0.05, 0.1) is 26.7 Å². The van der Waals surface area contributed by atoms with Crippen molar-refractivity contribution in [1.29, 1.82) is 5.26 Å². The maximum Gasteiger partial charge on any atom is 0.203 e. The second kappa shape index (κ2) is 7.37. The number of rotatable bonds is 5. The molecule has 0 saturated heterocycles. The van der Waals surface area contributed by atoms with Crippen LogP contribution in [0.4, 0.5) is 0 Å². The Morgan fingerprint density at radius 2 is 1.79 bits per heavy atom. The Bertz CT molecular complexity index is 1220. The van der Waals surface area contributed by atoms with Gasteiger partial charge >= 0.3 is 0 Å². The summed E-state index contributed by atoms with van der Waals surface area (Å²) in [6.45, 7) is 1.88. The molecule has 0 saturated carbocycles. The summed E-state index contributed by atoms with van der Waals surface area (Å²) >= 11 is 1.31. The van der Waals surface area contributed by atoms with Gasteiger partial charge in [-0.1, -0.05) is 0 Å². The maximum atomic E-state index is 9.45. The minimum Gasteiger partial charge on any atom is -0.493 e. The average Bonchev–Trinajstić information content (AvgIpc) is 3.40. The highest BCUT2D eigenvalue weighted by Gasteiger charge is 2.21. The molecule has 0 radical (unpaired) electrons. The van der Waals surface area contributed by atoms with Gasteiger partial charge < -0.3 is 14.2 Å². The molecule has 3 heterocycles. The Morgan fingerprint density at radius 3 is 2.34 bits per heavy atom. The number of aromatic nitrogens is 5.